The van der Waals surface area contributed by atoms with Crippen LogP contribution in [-0.4, -0.2) is 124 Å². The Kier molecular flexibility index (Phi) is 20.4. The number of likely N-dealkylation sites (tertiary alicyclic amines) is 1. The number of fused-ring (bicyclic) bond motifs is 1. The Morgan fingerprint density at radius 2 is 1.51 bits per heavy atom. The molecule has 0 saturated carbocycles. The Hall–Kier alpha value is -5.49. The summed E-state index contributed by atoms with van der Waals surface area (Å²) in [5, 5.41) is 23.6. The predicted molar refractivity (Wildman–Crippen MR) is 291 cm³/mol. The standard InChI is InChI=1S/C56H77ClN10O6S/c1-37-32-45(68)49-48(37)52(62-35-61-49)65-28-30-66(31-29-65)54(72)43(40-20-22-42(57)23-21-40)34-58-26-24-46(69)59-25-12-10-8-6-7-9-11-15-47(70)64-51(56(3,4)5)55(73)67-27-13-14-44(67)53(71)60-33-39-16-18-41(19-17-39)50-38(2)63-36-74-50/h16-23,35-37,43-45,51,58,68H,6-15,24-34H2,1-5H3,(H,59,69)(H,60,71)(H,64,70)/t37-,43-,44+,45-,51?/m1/s1. The van der Waals surface area contributed by atoms with Crippen LogP contribution in [0.5, 0.6) is 0 Å². The van der Waals surface area contributed by atoms with E-state index in [2.05, 4.69) is 48.0 Å². The first kappa shape index (κ1) is 56.2. The maximum Gasteiger partial charge on any atom is 0.246 e. The summed E-state index contributed by atoms with van der Waals surface area (Å²) in [6.45, 7) is 14.5. The minimum absolute atomic E-state index is 0.0253. The third-order valence-corrected chi connectivity index (χ3v) is 15.9. The summed E-state index contributed by atoms with van der Waals surface area (Å²) in [6.07, 6.45) is 10.1. The monoisotopic (exact) mass is 1050 g/mol. The first-order valence-corrected chi connectivity index (χ1v) is 28.0. The van der Waals surface area contributed by atoms with E-state index >= 15 is 0 Å². The summed E-state index contributed by atoms with van der Waals surface area (Å²) in [5.41, 5.74) is 6.94. The highest BCUT2D eigenvalue weighted by Gasteiger charge is 2.42. The summed E-state index contributed by atoms with van der Waals surface area (Å²) in [7, 11) is 0. The molecule has 5 amide bonds. The van der Waals surface area contributed by atoms with Gasteiger partial charge in [-0.2, -0.15) is 0 Å². The molecule has 18 heteroatoms. The van der Waals surface area contributed by atoms with Crippen molar-refractivity contribution in [3.63, 3.8) is 0 Å². The fraction of sp³-hybridized carbons (Fsp3) is 0.571. The van der Waals surface area contributed by atoms with Crippen LogP contribution in [0.1, 0.15) is 151 Å². The second kappa shape index (κ2) is 26.8. The number of aromatic nitrogens is 3. The third kappa shape index (κ3) is 15.1. The number of aryl methyl sites for hydroxylation is 1. The molecule has 5 atom stereocenters. The normalized spacial score (nSPS) is 18.5. The highest BCUT2D eigenvalue weighted by atomic mass is 35.5. The third-order valence-electron chi connectivity index (χ3n) is 14.7. The molecule has 4 heterocycles. The molecule has 0 radical (unpaired) electrons. The minimum Gasteiger partial charge on any atom is -0.387 e. The number of piperazine rings is 1. The summed E-state index contributed by atoms with van der Waals surface area (Å²) in [4.78, 5) is 87.6. The number of hydrogen-bond acceptors (Lipinski definition) is 12. The Bertz CT molecular complexity index is 2510. The lowest BCUT2D eigenvalue weighted by Crippen LogP contribution is -2.57. The second-order valence-electron chi connectivity index (χ2n) is 21.3. The number of thiazole rings is 1. The Labute approximate surface area is 446 Å². The number of aliphatic hydroxyl groups is 1. The molecule has 2 fully saturated rings. The number of halogens is 1. The lowest BCUT2D eigenvalue weighted by molar-refractivity contribution is -0.143. The first-order chi connectivity index (χ1) is 35.6. The van der Waals surface area contributed by atoms with Crippen molar-refractivity contribution in [2.45, 2.75) is 148 Å². The van der Waals surface area contributed by atoms with E-state index in [-0.39, 0.29) is 35.5 Å². The molecule has 5 N–H and O–H groups in total. The van der Waals surface area contributed by atoms with Gasteiger partial charge in [-0.25, -0.2) is 15.0 Å². The Balaban J connectivity index is 0.739. The number of unbranched alkanes of at least 4 members (excludes halogenated alkanes) is 6. The van der Waals surface area contributed by atoms with Gasteiger partial charge < -0.3 is 41.1 Å². The van der Waals surface area contributed by atoms with Gasteiger partial charge in [-0.15, -0.1) is 11.3 Å². The maximum atomic E-state index is 14.0. The van der Waals surface area contributed by atoms with Gasteiger partial charge in [0, 0.05) is 82.3 Å². The molecule has 2 aliphatic heterocycles. The minimum atomic E-state index is -0.746. The van der Waals surface area contributed by atoms with Crippen LogP contribution in [-0.2, 0) is 30.5 Å². The van der Waals surface area contributed by atoms with E-state index in [1.807, 2.05) is 74.5 Å². The van der Waals surface area contributed by atoms with E-state index in [1.165, 1.54) is 6.33 Å². The summed E-state index contributed by atoms with van der Waals surface area (Å²) in [5.74, 6) is 0.0288. The van der Waals surface area contributed by atoms with E-state index < -0.39 is 29.5 Å². The van der Waals surface area contributed by atoms with Crippen molar-refractivity contribution in [3.05, 3.63) is 93.5 Å². The van der Waals surface area contributed by atoms with E-state index in [1.54, 1.807) is 28.4 Å². The number of hydrogen-bond donors (Lipinski definition) is 5. The second-order valence-corrected chi connectivity index (χ2v) is 22.6. The maximum absolute atomic E-state index is 14.0. The summed E-state index contributed by atoms with van der Waals surface area (Å²) < 4.78 is 0. The molecule has 74 heavy (non-hydrogen) atoms. The van der Waals surface area contributed by atoms with E-state index in [9.17, 15) is 29.1 Å². The SMILES string of the molecule is Cc1ncsc1-c1ccc(CNC(=O)[C@@H]2CCCN2C(=O)C(NC(=O)CCCCCCCCCNC(=O)CCNC[C@@H](C(=O)N2CCN(c3ncnc4c3[C@H](C)C[C@H]4O)CC2)c2ccc(Cl)cc2)C(C)(C)C)cc1. The van der Waals surface area contributed by atoms with Gasteiger partial charge in [-0.3, -0.25) is 24.0 Å². The van der Waals surface area contributed by atoms with Crippen LogP contribution in [0, 0.1) is 12.3 Å². The van der Waals surface area contributed by atoms with Crippen LogP contribution in [0.2, 0.25) is 5.02 Å². The molecule has 1 aliphatic carbocycles. The smallest absolute Gasteiger partial charge is 0.246 e. The molecular formula is C56H77ClN10O6S. The summed E-state index contributed by atoms with van der Waals surface area (Å²) >= 11 is 7.81. The average molecular weight is 1050 g/mol. The fourth-order valence-electron chi connectivity index (χ4n) is 10.4. The number of anilines is 1. The fourth-order valence-corrected chi connectivity index (χ4v) is 11.4. The Morgan fingerprint density at radius 1 is 0.811 bits per heavy atom. The van der Waals surface area contributed by atoms with Crippen LogP contribution in [0.3, 0.4) is 0 Å². The number of aliphatic hydroxyl groups excluding tert-OH is 1. The van der Waals surface area contributed by atoms with Crippen LogP contribution in [0.15, 0.2) is 60.4 Å². The molecule has 2 saturated heterocycles. The van der Waals surface area contributed by atoms with Gasteiger partial charge >= 0.3 is 0 Å². The zero-order chi connectivity index (χ0) is 52.8. The molecule has 0 bridgehead atoms. The molecule has 2 aromatic carbocycles. The van der Waals surface area contributed by atoms with Crippen molar-refractivity contribution in [1.82, 2.24) is 46.0 Å². The lowest BCUT2D eigenvalue weighted by Gasteiger charge is -2.38. The van der Waals surface area contributed by atoms with Gasteiger partial charge in [-0.1, -0.05) is 108 Å². The van der Waals surface area contributed by atoms with Crippen LogP contribution in [0.25, 0.3) is 10.4 Å². The molecule has 400 valence electrons. The molecule has 7 rings (SSSR count). The average Bonchev–Trinajstić information content (AvgIpc) is 4.14. The molecular weight excluding hydrogens is 976 g/mol. The van der Waals surface area contributed by atoms with Crippen molar-refractivity contribution < 1.29 is 29.1 Å². The number of carbonyl (C=O) groups is 5. The first-order valence-electron chi connectivity index (χ1n) is 26.8. The lowest BCUT2D eigenvalue weighted by atomic mass is 9.85. The van der Waals surface area contributed by atoms with Crippen molar-refractivity contribution in [2.75, 3.05) is 57.3 Å². The van der Waals surface area contributed by atoms with Gasteiger partial charge in [0.05, 0.1) is 33.8 Å². The van der Waals surface area contributed by atoms with Gasteiger partial charge in [0.1, 0.15) is 24.2 Å². The quantitative estimate of drug-likeness (QED) is 0.0433. The number of benzene rings is 2. The number of amides is 5. The zero-order valence-electron chi connectivity index (χ0n) is 44.0. The molecule has 4 aromatic rings. The van der Waals surface area contributed by atoms with Crippen LogP contribution >= 0.6 is 22.9 Å². The summed E-state index contributed by atoms with van der Waals surface area (Å²) in [6, 6.07) is 14.1. The van der Waals surface area contributed by atoms with Gasteiger partial charge in [0.2, 0.25) is 29.5 Å². The molecule has 2 aromatic heterocycles. The topological polar surface area (TPSA) is 202 Å². The van der Waals surface area contributed by atoms with Crippen LogP contribution < -0.4 is 26.2 Å². The number of nitrogens with zero attached hydrogens (tertiary/aromatic N) is 6. The predicted octanol–water partition coefficient (Wildman–Crippen LogP) is 7.59. The van der Waals surface area contributed by atoms with Gasteiger partial charge in [-0.05, 0) is 79.2 Å². The van der Waals surface area contributed by atoms with Crippen molar-refractivity contribution >= 4 is 58.3 Å². The molecule has 16 nitrogen and oxygen atoms in total. The van der Waals surface area contributed by atoms with E-state index in [0.717, 1.165) is 90.0 Å². The van der Waals surface area contributed by atoms with Crippen LogP contribution in [0.4, 0.5) is 5.82 Å². The highest BCUT2D eigenvalue weighted by molar-refractivity contribution is 7.13. The molecule has 1 unspecified atom stereocenters. The molecule has 3 aliphatic rings. The number of rotatable bonds is 24. The van der Waals surface area contributed by atoms with Gasteiger partial charge in [0.25, 0.3) is 0 Å². The van der Waals surface area contributed by atoms with Gasteiger partial charge in [0.15, 0.2) is 0 Å². The number of nitrogens with one attached hydrogen (secondary N) is 4. The van der Waals surface area contributed by atoms with Crippen molar-refractivity contribution in [1.29, 1.82) is 0 Å². The Morgan fingerprint density at radius 3 is 2.20 bits per heavy atom. The van der Waals surface area contributed by atoms with E-state index in [4.69, 9.17) is 11.6 Å². The van der Waals surface area contributed by atoms with Crippen molar-refractivity contribution in [2.24, 2.45) is 5.41 Å². The largest absolute Gasteiger partial charge is 0.387 e. The van der Waals surface area contributed by atoms with E-state index in [0.29, 0.717) is 95.3 Å². The zero-order valence-corrected chi connectivity index (χ0v) is 45.5. The van der Waals surface area contributed by atoms with Crippen molar-refractivity contribution in [3.8, 4) is 10.4 Å². The molecule has 0 spiro atoms. The number of carbonyl (C=O) groups excluding carboxylic acids is 5. The highest BCUT2D eigenvalue weighted by Crippen LogP contribution is 2.43.